The maximum Gasteiger partial charge on any atom is 0.278 e. The Morgan fingerprint density at radius 1 is 1.36 bits per heavy atom. The monoisotopic (exact) mass is 324 g/mol. The quantitative estimate of drug-likeness (QED) is 0.639. The van der Waals surface area contributed by atoms with Gasteiger partial charge < -0.3 is 14.9 Å². The minimum absolute atomic E-state index is 0.134. The molecule has 0 unspecified atom stereocenters. The van der Waals surface area contributed by atoms with Crippen LogP contribution in [0, 0.1) is 5.92 Å². The number of carbonyl (C=O) groups excluding carboxylic acids is 1. The molecule has 1 aromatic rings. The number of methoxy groups -OCH3 is 1. The molecule has 2 heterocycles. The molecule has 3 rings (SSSR count). The van der Waals surface area contributed by atoms with Crippen molar-refractivity contribution >= 4 is 27.1 Å². The van der Waals surface area contributed by atoms with Gasteiger partial charge in [-0.25, -0.2) is 8.42 Å². The second-order valence-corrected chi connectivity index (χ2v) is 7.52. The molecule has 0 bridgehead atoms. The van der Waals surface area contributed by atoms with Gasteiger partial charge in [0.15, 0.2) is 15.5 Å². The Balaban J connectivity index is 1.61. The third-order valence-electron chi connectivity index (χ3n) is 3.70. The largest absolute Gasteiger partial charge is 0.497 e. The highest BCUT2D eigenvalue weighted by Gasteiger charge is 2.33. The molecular weight excluding hydrogens is 308 g/mol. The maximum absolute atomic E-state index is 11.9. The molecule has 0 aromatic heterocycles. The number of nitrogens with zero attached hydrogens (tertiary/aromatic N) is 1. The zero-order valence-corrected chi connectivity index (χ0v) is 12.9. The molecule has 2 aliphatic heterocycles. The van der Waals surface area contributed by atoms with E-state index in [1.54, 1.807) is 25.3 Å². The van der Waals surface area contributed by atoms with Crippen LogP contribution in [0.3, 0.4) is 0 Å². The SMILES string of the molecule is COc1ccc2c(c1)/C(=N/OCCC1CS(=O)(=O)C1)C(=O)N2. The van der Waals surface area contributed by atoms with Crippen LogP contribution in [-0.4, -0.2) is 45.3 Å². The Kier molecular flexibility index (Phi) is 3.78. The third-order valence-corrected chi connectivity index (χ3v) is 5.66. The molecule has 7 nitrogen and oxygen atoms in total. The van der Waals surface area contributed by atoms with Gasteiger partial charge in [-0.2, -0.15) is 0 Å². The summed E-state index contributed by atoms with van der Waals surface area (Å²) in [5, 5.41) is 6.58. The van der Waals surface area contributed by atoms with Crippen molar-refractivity contribution in [3.8, 4) is 5.75 Å². The number of anilines is 1. The average molecular weight is 324 g/mol. The van der Waals surface area contributed by atoms with Crippen LogP contribution in [-0.2, 0) is 19.5 Å². The minimum Gasteiger partial charge on any atom is -0.497 e. The van der Waals surface area contributed by atoms with Crippen LogP contribution in [0.4, 0.5) is 5.69 Å². The second-order valence-electron chi connectivity index (χ2n) is 5.37. The number of amides is 1. The first-order valence-electron chi connectivity index (χ1n) is 6.88. The summed E-state index contributed by atoms with van der Waals surface area (Å²) in [6, 6.07) is 5.21. The van der Waals surface area contributed by atoms with Crippen molar-refractivity contribution in [2.24, 2.45) is 11.1 Å². The van der Waals surface area contributed by atoms with Gasteiger partial charge >= 0.3 is 0 Å². The standard InChI is InChI=1S/C14H16N2O5S/c1-20-10-2-3-12-11(6-10)13(14(17)15-12)16-21-5-4-9-7-22(18,19)8-9/h2-3,6,9H,4-5,7-8H2,1H3,(H,15,16,17). The molecule has 0 atom stereocenters. The zero-order chi connectivity index (χ0) is 15.7. The van der Waals surface area contributed by atoms with E-state index in [9.17, 15) is 13.2 Å². The van der Waals surface area contributed by atoms with E-state index in [2.05, 4.69) is 10.5 Å². The lowest BCUT2D eigenvalue weighted by Gasteiger charge is -2.24. The van der Waals surface area contributed by atoms with Crippen LogP contribution in [0.5, 0.6) is 5.75 Å². The minimum atomic E-state index is -2.81. The van der Waals surface area contributed by atoms with Gasteiger partial charge in [-0.15, -0.1) is 0 Å². The number of oxime groups is 1. The summed E-state index contributed by atoms with van der Waals surface area (Å²) in [6.45, 7) is 0.288. The van der Waals surface area contributed by atoms with Crippen LogP contribution in [0.1, 0.15) is 12.0 Å². The summed E-state index contributed by atoms with van der Waals surface area (Å²) in [6.07, 6.45) is 0.614. The summed E-state index contributed by atoms with van der Waals surface area (Å²) >= 11 is 0. The number of nitrogens with one attached hydrogen (secondary N) is 1. The van der Waals surface area contributed by atoms with Gasteiger partial charge in [-0.3, -0.25) is 4.79 Å². The summed E-state index contributed by atoms with van der Waals surface area (Å²) < 4.78 is 27.2. The molecule has 118 valence electrons. The number of benzene rings is 1. The van der Waals surface area contributed by atoms with Crippen molar-refractivity contribution in [2.75, 3.05) is 30.5 Å². The lowest BCUT2D eigenvalue weighted by molar-refractivity contribution is -0.110. The van der Waals surface area contributed by atoms with E-state index < -0.39 is 9.84 Å². The van der Waals surface area contributed by atoms with E-state index in [0.717, 1.165) is 0 Å². The van der Waals surface area contributed by atoms with Crippen molar-refractivity contribution in [1.82, 2.24) is 0 Å². The van der Waals surface area contributed by atoms with Gasteiger partial charge in [0.2, 0.25) is 0 Å². The van der Waals surface area contributed by atoms with E-state index in [0.29, 0.717) is 23.4 Å². The predicted octanol–water partition coefficient (Wildman–Crippen LogP) is 0.803. The number of carbonyl (C=O) groups is 1. The van der Waals surface area contributed by atoms with Crippen molar-refractivity contribution in [2.45, 2.75) is 6.42 Å². The second kappa shape index (κ2) is 5.60. The van der Waals surface area contributed by atoms with Crippen molar-refractivity contribution in [3.63, 3.8) is 0 Å². The average Bonchev–Trinajstić information content (AvgIpc) is 2.76. The van der Waals surface area contributed by atoms with Crippen LogP contribution >= 0.6 is 0 Å². The number of sulfone groups is 1. The molecule has 0 saturated carbocycles. The molecule has 8 heteroatoms. The van der Waals surface area contributed by atoms with E-state index in [4.69, 9.17) is 9.57 Å². The van der Waals surface area contributed by atoms with Gasteiger partial charge in [-0.05, 0) is 30.5 Å². The van der Waals surface area contributed by atoms with E-state index >= 15 is 0 Å². The zero-order valence-electron chi connectivity index (χ0n) is 12.0. The molecule has 1 fully saturated rings. The summed E-state index contributed by atoms with van der Waals surface area (Å²) in [4.78, 5) is 17.1. The molecular formula is C14H16N2O5S. The van der Waals surface area contributed by atoms with Gasteiger partial charge in [0.1, 0.15) is 12.4 Å². The smallest absolute Gasteiger partial charge is 0.278 e. The third kappa shape index (κ3) is 2.92. The van der Waals surface area contributed by atoms with Crippen molar-refractivity contribution < 1.29 is 22.8 Å². The first-order chi connectivity index (χ1) is 10.5. The Labute approximate surface area is 128 Å². The summed E-state index contributed by atoms with van der Waals surface area (Å²) in [5.74, 6) is 0.869. The van der Waals surface area contributed by atoms with Gasteiger partial charge in [0, 0.05) is 5.56 Å². The van der Waals surface area contributed by atoms with Crippen molar-refractivity contribution in [1.29, 1.82) is 0 Å². The Bertz CT molecular complexity index is 730. The Hall–Kier alpha value is -2.09. The number of fused-ring (bicyclic) bond motifs is 1. The molecule has 0 spiro atoms. The van der Waals surface area contributed by atoms with Crippen LogP contribution < -0.4 is 10.1 Å². The highest BCUT2D eigenvalue weighted by atomic mass is 32.2. The highest BCUT2D eigenvalue weighted by Crippen LogP contribution is 2.28. The molecule has 1 aromatic carbocycles. The fourth-order valence-electron chi connectivity index (χ4n) is 2.52. The highest BCUT2D eigenvalue weighted by molar-refractivity contribution is 7.92. The van der Waals surface area contributed by atoms with Crippen LogP contribution in [0.15, 0.2) is 23.4 Å². The first-order valence-corrected chi connectivity index (χ1v) is 8.71. The lowest BCUT2D eigenvalue weighted by atomic mass is 10.1. The molecule has 2 aliphatic rings. The van der Waals surface area contributed by atoms with E-state index in [1.165, 1.54) is 0 Å². The molecule has 1 amide bonds. The number of rotatable bonds is 5. The first kappa shape index (κ1) is 14.8. The van der Waals surface area contributed by atoms with Gasteiger partial charge in [-0.1, -0.05) is 5.16 Å². The number of hydrogen-bond acceptors (Lipinski definition) is 6. The molecule has 0 radical (unpaired) electrons. The molecule has 0 aliphatic carbocycles. The maximum atomic E-state index is 11.9. The molecule has 1 N–H and O–H groups in total. The predicted molar refractivity (Wildman–Crippen MR) is 80.9 cm³/mol. The Morgan fingerprint density at radius 2 is 2.14 bits per heavy atom. The van der Waals surface area contributed by atoms with Crippen molar-refractivity contribution in [3.05, 3.63) is 23.8 Å². The Morgan fingerprint density at radius 3 is 2.82 bits per heavy atom. The van der Waals surface area contributed by atoms with Gasteiger partial charge in [0.05, 0.1) is 24.3 Å². The van der Waals surface area contributed by atoms with Crippen LogP contribution in [0.2, 0.25) is 0 Å². The fourth-order valence-corrected chi connectivity index (χ4v) is 4.19. The van der Waals surface area contributed by atoms with Gasteiger partial charge in [0.25, 0.3) is 5.91 Å². The summed E-state index contributed by atoms with van der Waals surface area (Å²) in [5.41, 5.74) is 1.50. The van der Waals surface area contributed by atoms with E-state index in [1.807, 2.05) is 0 Å². The van der Waals surface area contributed by atoms with Crippen LogP contribution in [0.25, 0.3) is 0 Å². The topological polar surface area (TPSA) is 94.1 Å². The fraction of sp³-hybridized carbons (Fsp3) is 0.429. The number of ether oxygens (including phenoxy) is 1. The normalized spacial score (nSPS) is 21.1. The summed E-state index contributed by atoms with van der Waals surface area (Å²) in [7, 11) is -1.26. The van der Waals surface area contributed by atoms with E-state index in [-0.39, 0.29) is 35.6 Å². The molecule has 1 saturated heterocycles. The number of hydrogen-bond donors (Lipinski definition) is 1. The molecule has 22 heavy (non-hydrogen) atoms. The lowest BCUT2D eigenvalue weighted by Crippen LogP contribution is -2.36.